The van der Waals surface area contributed by atoms with Gasteiger partial charge in [0.1, 0.15) is 12.3 Å². The molecule has 1 aromatic heterocycles. The van der Waals surface area contributed by atoms with Gasteiger partial charge in [0.15, 0.2) is 17.3 Å². The lowest BCUT2D eigenvalue weighted by Crippen LogP contribution is -2.32. The molecular formula is C31H24Cl2N4O5. The van der Waals surface area contributed by atoms with Crippen molar-refractivity contribution < 1.29 is 23.9 Å². The molecule has 1 aliphatic rings. The molecule has 0 saturated carbocycles. The molecule has 4 aromatic rings. The van der Waals surface area contributed by atoms with Crippen molar-refractivity contribution in [1.29, 1.82) is 0 Å². The molecule has 0 spiro atoms. The number of Topliss-reactive ketones (excluding diaryl/α,β-unsaturated/α-hetero) is 1. The van der Waals surface area contributed by atoms with Crippen LogP contribution in [0.4, 0.5) is 5.69 Å². The van der Waals surface area contributed by atoms with E-state index in [1.54, 1.807) is 65.5 Å². The van der Waals surface area contributed by atoms with Crippen LogP contribution in [0.3, 0.4) is 0 Å². The zero-order chi connectivity index (χ0) is 29.6. The van der Waals surface area contributed by atoms with E-state index in [-0.39, 0.29) is 18.9 Å². The average Bonchev–Trinajstić information content (AvgIpc) is 3.55. The molecule has 212 valence electrons. The third-order valence-electron chi connectivity index (χ3n) is 6.39. The normalized spacial score (nSPS) is 12.9. The number of benzene rings is 3. The van der Waals surface area contributed by atoms with Crippen LogP contribution in [-0.4, -0.2) is 46.1 Å². The van der Waals surface area contributed by atoms with Crippen LogP contribution in [0.5, 0.6) is 11.5 Å². The average molecular weight is 603 g/mol. The van der Waals surface area contributed by atoms with Crippen LogP contribution < -0.4 is 14.4 Å². The molecule has 1 aliphatic heterocycles. The molecular weight excluding hydrogens is 579 g/mol. The van der Waals surface area contributed by atoms with Crippen molar-refractivity contribution in [2.75, 3.05) is 18.6 Å². The Labute approximate surface area is 251 Å². The van der Waals surface area contributed by atoms with E-state index in [1.165, 1.54) is 30.2 Å². The highest BCUT2D eigenvalue weighted by Crippen LogP contribution is 2.31. The second kappa shape index (κ2) is 12.8. The van der Waals surface area contributed by atoms with Gasteiger partial charge >= 0.3 is 0 Å². The number of ketones is 2. The van der Waals surface area contributed by atoms with Gasteiger partial charge in [0, 0.05) is 16.6 Å². The van der Waals surface area contributed by atoms with Gasteiger partial charge in [-0.2, -0.15) is 0 Å². The smallest absolute Gasteiger partial charge is 0.299 e. The van der Waals surface area contributed by atoms with Gasteiger partial charge < -0.3 is 14.4 Å². The number of ether oxygens (including phenoxy) is 2. The van der Waals surface area contributed by atoms with Crippen molar-refractivity contribution in [2.24, 2.45) is 0 Å². The maximum Gasteiger partial charge on any atom is 0.299 e. The third-order valence-corrected chi connectivity index (χ3v) is 6.87. The number of carbonyl (C=O) groups is 3. The molecule has 1 amide bonds. The molecule has 0 N–H and O–H groups in total. The lowest BCUT2D eigenvalue weighted by Gasteiger charge is -2.16. The lowest BCUT2D eigenvalue weighted by atomic mass is 10.1. The van der Waals surface area contributed by atoms with Gasteiger partial charge in [-0.05, 0) is 65.7 Å². The third kappa shape index (κ3) is 6.76. The van der Waals surface area contributed by atoms with E-state index >= 15 is 0 Å². The number of anilines is 1. The molecule has 9 nitrogen and oxygen atoms in total. The van der Waals surface area contributed by atoms with Crippen LogP contribution in [0.25, 0.3) is 12.2 Å². The van der Waals surface area contributed by atoms with Gasteiger partial charge in [-0.15, -0.1) is 5.10 Å². The fraction of sp³-hybridized carbons (Fsp3) is 0.129. The number of methoxy groups -OCH3 is 1. The summed E-state index contributed by atoms with van der Waals surface area (Å²) in [4.78, 5) is 38.4. The second-order valence-corrected chi connectivity index (χ2v) is 10.1. The van der Waals surface area contributed by atoms with Crippen LogP contribution in [-0.2, 0) is 22.7 Å². The van der Waals surface area contributed by atoms with Gasteiger partial charge in [-0.3, -0.25) is 19.1 Å². The molecule has 0 atom stereocenters. The minimum atomic E-state index is -0.597. The van der Waals surface area contributed by atoms with E-state index in [0.717, 1.165) is 11.1 Å². The van der Waals surface area contributed by atoms with Crippen molar-refractivity contribution in [2.45, 2.75) is 13.2 Å². The maximum absolute atomic E-state index is 12.4. The van der Waals surface area contributed by atoms with Gasteiger partial charge in [-0.25, -0.2) is 0 Å². The van der Waals surface area contributed by atoms with Gasteiger partial charge in [0.05, 0.1) is 31.1 Å². The molecule has 0 radical (unpaired) electrons. The van der Waals surface area contributed by atoms with E-state index in [9.17, 15) is 14.4 Å². The SMILES string of the molecule is COc1cc(/C=C/C(=O)/C=C/c2ccc(Cl)cc2)ccc1OCc1cn(CCN2C(=O)C(=O)c3cc(Cl)ccc32)nn1. The predicted molar refractivity (Wildman–Crippen MR) is 160 cm³/mol. The number of hydrogen-bond donors (Lipinski definition) is 0. The second-order valence-electron chi connectivity index (χ2n) is 9.24. The van der Waals surface area contributed by atoms with Gasteiger partial charge in [0.25, 0.3) is 11.7 Å². The van der Waals surface area contributed by atoms with Crippen molar-refractivity contribution in [3.05, 3.63) is 111 Å². The van der Waals surface area contributed by atoms with Crippen LogP contribution in [0.2, 0.25) is 10.0 Å². The summed E-state index contributed by atoms with van der Waals surface area (Å²) in [5, 5.41) is 9.26. The monoisotopic (exact) mass is 602 g/mol. The summed E-state index contributed by atoms with van der Waals surface area (Å²) in [5.41, 5.74) is 3.03. The van der Waals surface area contributed by atoms with E-state index < -0.39 is 11.7 Å². The minimum absolute atomic E-state index is 0.127. The van der Waals surface area contributed by atoms with Crippen molar-refractivity contribution in [3.8, 4) is 11.5 Å². The first-order valence-corrected chi connectivity index (χ1v) is 13.6. The highest BCUT2D eigenvalue weighted by Gasteiger charge is 2.35. The minimum Gasteiger partial charge on any atom is -0.493 e. The van der Waals surface area contributed by atoms with E-state index in [1.807, 2.05) is 12.1 Å². The molecule has 3 aromatic carbocycles. The highest BCUT2D eigenvalue weighted by molar-refractivity contribution is 6.52. The Balaban J connectivity index is 1.15. The number of carbonyl (C=O) groups excluding carboxylic acids is 3. The Morgan fingerprint density at radius 1 is 0.881 bits per heavy atom. The first-order chi connectivity index (χ1) is 20.3. The predicted octanol–water partition coefficient (Wildman–Crippen LogP) is 5.70. The molecule has 0 unspecified atom stereocenters. The van der Waals surface area contributed by atoms with Crippen molar-refractivity contribution >= 4 is 58.5 Å². The van der Waals surface area contributed by atoms with E-state index in [2.05, 4.69) is 10.3 Å². The highest BCUT2D eigenvalue weighted by atomic mass is 35.5. The fourth-order valence-electron chi connectivity index (χ4n) is 4.26. The summed E-state index contributed by atoms with van der Waals surface area (Å²) >= 11 is 11.9. The quantitative estimate of drug-likeness (QED) is 0.160. The van der Waals surface area contributed by atoms with Crippen LogP contribution in [0.15, 0.2) is 79.0 Å². The first kappa shape index (κ1) is 28.8. The number of fused-ring (bicyclic) bond motifs is 1. The Bertz CT molecular complexity index is 1710. The Hall–Kier alpha value is -4.73. The maximum atomic E-state index is 12.4. The lowest BCUT2D eigenvalue weighted by molar-refractivity contribution is -0.114. The fourth-order valence-corrected chi connectivity index (χ4v) is 4.55. The number of rotatable bonds is 11. The first-order valence-electron chi connectivity index (χ1n) is 12.8. The number of halogens is 2. The van der Waals surface area contributed by atoms with Gasteiger partial charge in [0.2, 0.25) is 0 Å². The summed E-state index contributed by atoms with van der Waals surface area (Å²) in [6, 6.07) is 17.3. The Kier molecular flexibility index (Phi) is 8.80. The van der Waals surface area contributed by atoms with Crippen LogP contribution in [0, 0.1) is 0 Å². The molecule has 0 saturated heterocycles. The molecule has 11 heteroatoms. The van der Waals surface area contributed by atoms with Crippen molar-refractivity contribution in [3.63, 3.8) is 0 Å². The number of amides is 1. The summed E-state index contributed by atoms with van der Waals surface area (Å²) in [6.07, 6.45) is 8.08. The molecule has 0 fully saturated rings. The molecule has 5 rings (SSSR count). The van der Waals surface area contributed by atoms with E-state index in [0.29, 0.717) is 45.0 Å². The Morgan fingerprint density at radius 3 is 2.36 bits per heavy atom. The summed E-state index contributed by atoms with van der Waals surface area (Å²) in [6.45, 7) is 0.694. The number of allylic oxidation sites excluding steroid dienone is 2. The summed E-state index contributed by atoms with van der Waals surface area (Å²) in [7, 11) is 1.53. The van der Waals surface area contributed by atoms with E-state index in [4.69, 9.17) is 32.7 Å². The molecule has 2 heterocycles. The van der Waals surface area contributed by atoms with Gasteiger partial charge in [-0.1, -0.05) is 58.8 Å². The standard InChI is InChI=1S/C31H24Cl2N4O5/c1-41-29-16-21(5-11-25(38)10-4-20-2-7-22(32)8-3-20)6-13-28(29)42-19-24-18-36(35-34-24)14-15-37-27-12-9-23(33)17-26(27)30(39)31(37)40/h2-13,16-18H,14-15,19H2,1H3/b10-4+,11-5+. The number of aromatic nitrogens is 3. The number of hydrogen-bond acceptors (Lipinski definition) is 7. The molecule has 0 aliphatic carbocycles. The topological polar surface area (TPSA) is 104 Å². The van der Waals surface area contributed by atoms with Crippen LogP contribution >= 0.6 is 23.2 Å². The Morgan fingerprint density at radius 2 is 1.60 bits per heavy atom. The largest absolute Gasteiger partial charge is 0.493 e. The van der Waals surface area contributed by atoms with Crippen molar-refractivity contribution in [1.82, 2.24) is 15.0 Å². The zero-order valence-electron chi connectivity index (χ0n) is 22.4. The summed E-state index contributed by atoms with van der Waals surface area (Å²) < 4.78 is 12.9. The number of nitrogens with zero attached hydrogens (tertiary/aromatic N) is 4. The zero-order valence-corrected chi connectivity index (χ0v) is 23.9. The molecule has 0 bridgehead atoms. The van der Waals surface area contributed by atoms with Crippen LogP contribution in [0.1, 0.15) is 27.2 Å². The summed E-state index contributed by atoms with van der Waals surface area (Å²) in [5.74, 6) is -0.353. The molecule has 42 heavy (non-hydrogen) atoms.